The van der Waals surface area contributed by atoms with Crippen molar-refractivity contribution in [3.63, 3.8) is 0 Å². The van der Waals surface area contributed by atoms with Crippen LogP contribution < -0.4 is 4.74 Å². The summed E-state index contributed by atoms with van der Waals surface area (Å²) in [7, 11) is 1.38. The number of ether oxygens (including phenoxy) is 1. The van der Waals surface area contributed by atoms with Crippen LogP contribution in [0.2, 0.25) is 0 Å². The van der Waals surface area contributed by atoms with Crippen molar-refractivity contribution in [1.29, 1.82) is 0 Å². The minimum Gasteiger partial charge on any atom is -0.508 e. The summed E-state index contributed by atoms with van der Waals surface area (Å²) < 4.78 is 4.85. The van der Waals surface area contributed by atoms with Crippen LogP contribution in [0.5, 0.6) is 23.0 Å². The van der Waals surface area contributed by atoms with Gasteiger partial charge in [0.25, 0.3) is 0 Å². The fraction of sp³-hybridized carbons (Fsp3) is 0.0667. The zero-order chi connectivity index (χ0) is 13.8. The van der Waals surface area contributed by atoms with E-state index in [1.807, 2.05) is 0 Å². The molecule has 4 heteroatoms. The van der Waals surface area contributed by atoms with E-state index in [0.29, 0.717) is 5.56 Å². The number of phenols is 3. The summed E-state index contributed by atoms with van der Waals surface area (Å²) in [5.74, 6) is 0.0272. The van der Waals surface area contributed by atoms with Crippen LogP contribution in [-0.2, 0) is 0 Å². The normalized spacial score (nSPS) is 10.8. The fourth-order valence-corrected chi connectivity index (χ4v) is 1.70. The minimum absolute atomic E-state index is 0.0572. The molecule has 0 heterocycles. The molecule has 0 unspecified atom stereocenters. The molecular formula is C15H14O4. The standard InChI is InChI=1S/C15H14O4/c1-19-15-13(17)8-11(9-14(15)18)3-2-10-4-6-12(16)7-5-10/h2-9,16-18H,1H3/b3-2+. The molecule has 0 aliphatic rings. The first-order chi connectivity index (χ1) is 9.10. The molecule has 2 aromatic carbocycles. The lowest BCUT2D eigenvalue weighted by Crippen LogP contribution is -1.85. The van der Waals surface area contributed by atoms with E-state index in [1.54, 1.807) is 36.4 Å². The van der Waals surface area contributed by atoms with E-state index in [1.165, 1.54) is 19.2 Å². The first kappa shape index (κ1) is 12.8. The Morgan fingerprint density at radius 1 is 0.842 bits per heavy atom. The summed E-state index contributed by atoms with van der Waals surface area (Å²) in [5.41, 5.74) is 1.54. The Morgan fingerprint density at radius 2 is 1.37 bits per heavy atom. The zero-order valence-electron chi connectivity index (χ0n) is 10.4. The monoisotopic (exact) mass is 258 g/mol. The summed E-state index contributed by atoms with van der Waals surface area (Å²) in [6.45, 7) is 0. The summed E-state index contributed by atoms with van der Waals surface area (Å²) in [6.07, 6.45) is 3.55. The molecule has 0 radical (unpaired) electrons. The highest BCUT2D eigenvalue weighted by Crippen LogP contribution is 2.36. The molecule has 0 atom stereocenters. The fourth-order valence-electron chi connectivity index (χ4n) is 1.70. The summed E-state index contributed by atoms with van der Waals surface area (Å²) >= 11 is 0. The van der Waals surface area contributed by atoms with Gasteiger partial charge in [-0.25, -0.2) is 0 Å². The van der Waals surface area contributed by atoms with Crippen molar-refractivity contribution in [2.24, 2.45) is 0 Å². The lowest BCUT2D eigenvalue weighted by Gasteiger charge is -2.06. The van der Waals surface area contributed by atoms with E-state index in [4.69, 9.17) is 9.84 Å². The average Bonchev–Trinajstić information content (AvgIpc) is 2.38. The molecule has 0 bridgehead atoms. The third kappa shape index (κ3) is 2.98. The number of rotatable bonds is 3. The maximum absolute atomic E-state index is 9.65. The van der Waals surface area contributed by atoms with Crippen molar-refractivity contribution < 1.29 is 20.1 Å². The molecule has 2 aromatic rings. The highest BCUT2D eigenvalue weighted by molar-refractivity contribution is 5.72. The van der Waals surface area contributed by atoms with Crippen molar-refractivity contribution in [3.8, 4) is 23.0 Å². The Balaban J connectivity index is 2.26. The minimum atomic E-state index is -0.118. The molecule has 0 aliphatic carbocycles. The van der Waals surface area contributed by atoms with Gasteiger partial charge in [-0.05, 0) is 35.4 Å². The summed E-state index contributed by atoms with van der Waals surface area (Å²) in [6, 6.07) is 9.68. The molecule has 0 fully saturated rings. The van der Waals surface area contributed by atoms with Crippen molar-refractivity contribution in [1.82, 2.24) is 0 Å². The molecule has 0 aliphatic heterocycles. The Morgan fingerprint density at radius 3 is 1.89 bits per heavy atom. The predicted octanol–water partition coefficient (Wildman–Crippen LogP) is 2.98. The van der Waals surface area contributed by atoms with Gasteiger partial charge in [0.15, 0.2) is 11.5 Å². The maximum atomic E-state index is 9.65. The van der Waals surface area contributed by atoms with Crippen LogP contribution in [0, 0.1) is 0 Å². The average molecular weight is 258 g/mol. The van der Waals surface area contributed by atoms with Crippen molar-refractivity contribution in [2.45, 2.75) is 0 Å². The van der Waals surface area contributed by atoms with E-state index < -0.39 is 0 Å². The van der Waals surface area contributed by atoms with Crippen LogP contribution >= 0.6 is 0 Å². The zero-order valence-corrected chi connectivity index (χ0v) is 10.4. The van der Waals surface area contributed by atoms with Crippen molar-refractivity contribution >= 4 is 12.2 Å². The van der Waals surface area contributed by atoms with Gasteiger partial charge in [-0.2, -0.15) is 0 Å². The Bertz CT molecular complexity index is 577. The molecule has 3 N–H and O–H groups in total. The van der Waals surface area contributed by atoms with Gasteiger partial charge in [0.05, 0.1) is 7.11 Å². The van der Waals surface area contributed by atoms with Gasteiger partial charge in [0, 0.05) is 0 Å². The second-order valence-electron chi connectivity index (χ2n) is 4.02. The lowest BCUT2D eigenvalue weighted by atomic mass is 10.1. The van der Waals surface area contributed by atoms with Gasteiger partial charge < -0.3 is 20.1 Å². The molecular weight excluding hydrogens is 244 g/mol. The molecule has 2 rings (SSSR count). The van der Waals surface area contributed by atoms with E-state index >= 15 is 0 Å². The van der Waals surface area contributed by atoms with E-state index in [9.17, 15) is 10.2 Å². The van der Waals surface area contributed by atoms with Crippen LogP contribution in [-0.4, -0.2) is 22.4 Å². The molecule has 98 valence electrons. The Kier molecular flexibility index (Phi) is 3.61. The van der Waals surface area contributed by atoms with E-state index in [0.717, 1.165) is 5.56 Å². The third-order valence-electron chi connectivity index (χ3n) is 2.64. The number of benzene rings is 2. The van der Waals surface area contributed by atoms with E-state index in [2.05, 4.69) is 0 Å². The van der Waals surface area contributed by atoms with Gasteiger partial charge in [-0.1, -0.05) is 24.3 Å². The number of methoxy groups -OCH3 is 1. The third-order valence-corrected chi connectivity index (χ3v) is 2.64. The SMILES string of the molecule is COc1c(O)cc(/C=C/c2ccc(O)cc2)cc1O. The highest BCUT2D eigenvalue weighted by Gasteiger charge is 2.08. The largest absolute Gasteiger partial charge is 0.508 e. The molecule has 0 spiro atoms. The molecule has 4 nitrogen and oxygen atoms in total. The summed E-state index contributed by atoms with van der Waals surface area (Å²) in [5, 5.41) is 28.5. The lowest BCUT2D eigenvalue weighted by molar-refractivity contribution is 0.344. The molecule has 0 saturated heterocycles. The van der Waals surface area contributed by atoms with Crippen molar-refractivity contribution in [3.05, 3.63) is 47.5 Å². The second-order valence-corrected chi connectivity index (χ2v) is 4.02. The number of hydrogen-bond donors (Lipinski definition) is 3. The number of phenolic OH excluding ortho intramolecular Hbond substituents is 3. The second kappa shape index (κ2) is 5.35. The van der Waals surface area contributed by atoms with Gasteiger partial charge in [-0.15, -0.1) is 0 Å². The number of hydrogen-bond acceptors (Lipinski definition) is 4. The topological polar surface area (TPSA) is 69.9 Å². The van der Waals surface area contributed by atoms with Crippen LogP contribution in [0.25, 0.3) is 12.2 Å². The molecule has 19 heavy (non-hydrogen) atoms. The van der Waals surface area contributed by atoms with Gasteiger partial charge >= 0.3 is 0 Å². The van der Waals surface area contributed by atoms with Crippen LogP contribution in [0.4, 0.5) is 0 Å². The Hall–Kier alpha value is -2.62. The predicted molar refractivity (Wildman–Crippen MR) is 73.4 cm³/mol. The van der Waals surface area contributed by atoms with Crippen molar-refractivity contribution in [2.75, 3.05) is 7.11 Å². The maximum Gasteiger partial charge on any atom is 0.202 e. The highest BCUT2D eigenvalue weighted by atomic mass is 16.5. The molecule has 0 amide bonds. The van der Waals surface area contributed by atoms with Gasteiger partial charge in [0.2, 0.25) is 5.75 Å². The Labute approximate surface area is 110 Å². The first-order valence-corrected chi connectivity index (χ1v) is 5.67. The smallest absolute Gasteiger partial charge is 0.202 e. The quantitative estimate of drug-likeness (QED) is 0.740. The van der Waals surface area contributed by atoms with Crippen LogP contribution in [0.1, 0.15) is 11.1 Å². The van der Waals surface area contributed by atoms with Crippen LogP contribution in [0.3, 0.4) is 0 Å². The van der Waals surface area contributed by atoms with Crippen LogP contribution in [0.15, 0.2) is 36.4 Å². The molecule has 0 aromatic heterocycles. The first-order valence-electron chi connectivity index (χ1n) is 5.67. The van der Waals surface area contributed by atoms with E-state index in [-0.39, 0.29) is 23.0 Å². The molecule has 0 saturated carbocycles. The summed E-state index contributed by atoms with van der Waals surface area (Å²) in [4.78, 5) is 0. The number of aromatic hydroxyl groups is 3. The van der Waals surface area contributed by atoms with Gasteiger partial charge in [-0.3, -0.25) is 0 Å². The van der Waals surface area contributed by atoms with Gasteiger partial charge in [0.1, 0.15) is 5.75 Å².